The summed E-state index contributed by atoms with van der Waals surface area (Å²) in [7, 11) is 0. The summed E-state index contributed by atoms with van der Waals surface area (Å²) >= 11 is 0. The van der Waals surface area contributed by atoms with Crippen molar-refractivity contribution in [2.45, 2.75) is 32.0 Å². The van der Waals surface area contributed by atoms with Crippen molar-refractivity contribution in [2.75, 3.05) is 0 Å². The third-order valence-electron chi connectivity index (χ3n) is 1.49. The first-order valence-corrected chi connectivity index (χ1v) is 3.09. The van der Waals surface area contributed by atoms with E-state index in [0.717, 1.165) is 0 Å². The summed E-state index contributed by atoms with van der Waals surface area (Å²) in [6.45, 7) is 1.45. The van der Waals surface area contributed by atoms with Crippen molar-refractivity contribution in [3.8, 4) is 0 Å². The highest BCUT2D eigenvalue weighted by Crippen LogP contribution is 2.22. The van der Waals surface area contributed by atoms with Gasteiger partial charge in [-0.3, -0.25) is 4.79 Å². The Bertz CT molecular complexity index is 120. The summed E-state index contributed by atoms with van der Waals surface area (Å²) in [5.74, 6) is -0.0631. The number of nitrogens with one attached hydrogen (secondary N) is 1. The van der Waals surface area contributed by atoms with Gasteiger partial charge in [0, 0.05) is 13.0 Å². The second kappa shape index (κ2) is 2.33. The fourth-order valence-corrected chi connectivity index (χ4v) is 0.954. The van der Waals surface area contributed by atoms with Gasteiger partial charge in [-0.1, -0.05) is 0 Å². The minimum atomic E-state index is -0.679. The molecule has 1 N–H and O–H groups in total. The number of amides is 1. The number of halogens is 1. The van der Waals surface area contributed by atoms with Crippen LogP contribution in [0.25, 0.3) is 0 Å². The molecule has 0 heterocycles. The van der Waals surface area contributed by atoms with E-state index in [9.17, 15) is 9.18 Å². The first-order valence-electron chi connectivity index (χ1n) is 3.09. The second-order valence-electron chi connectivity index (χ2n) is 2.47. The van der Waals surface area contributed by atoms with Crippen molar-refractivity contribution in [1.29, 1.82) is 0 Å². The highest BCUT2D eigenvalue weighted by atomic mass is 19.1. The summed E-state index contributed by atoms with van der Waals surface area (Å²) < 4.78 is 12.1. The van der Waals surface area contributed by atoms with Crippen molar-refractivity contribution in [1.82, 2.24) is 5.32 Å². The van der Waals surface area contributed by atoms with Crippen LogP contribution in [0.4, 0.5) is 4.39 Å². The smallest absolute Gasteiger partial charge is 0.217 e. The quantitative estimate of drug-likeness (QED) is 0.555. The average molecular weight is 131 g/mol. The van der Waals surface area contributed by atoms with Gasteiger partial charge in [0.1, 0.15) is 6.17 Å². The van der Waals surface area contributed by atoms with Crippen LogP contribution >= 0.6 is 0 Å². The minimum Gasteiger partial charge on any atom is -0.353 e. The molecule has 0 atom stereocenters. The molecule has 0 saturated heterocycles. The molecule has 0 aliphatic heterocycles. The van der Waals surface area contributed by atoms with Gasteiger partial charge in [0.2, 0.25) is 5.91 Å². The molecule has 0 spiro atoms. The molecule has 0 radical (unpaired) electrons. The third kappa shape index (κ3) is 1.66. The van der Waals surface area contributed by atoms with E-state index in [0.29, 0.717) is 12.8 Å². The normalized spacial score (nSPS) is 33.1. The third-order valence-corrected chi connectivity index (χ3v) is 1.49. The summed E-state index contributed by atoms with van der Waals surface area (Å²) in [6.07, 6.45) is 0.320. The Labute approximate surface area is 53.4 Å². The zero-order valence-corrected chi connectivity index (χ0v) is 5.36. The van der Waals surface area contributed by atoms with Crippen LogP contribution in [0, 0.1) is 0 Å². The first-order chi connectivity index (χ1) is 4.18. The lowest BCUT2D eigenvalue weighted by Gasteiger charge is -2.29. The summed E-state index contributed by atoms with van der Waals surface area (Å²) in [4.78, 5) is 10.3. The second-order valence-corrected chi connectivity index (χ2v) is 2.47. The van der Waals surface area contributed by atoms with Gasteiger partial charge in [-0.05, 0) is 12.8 Å². The van der Waals surface area contributed by atoms with Gasteiger partial charge >= 0.3 is 0 Å². The topological polar surface area (TPSA) is 29.1 Å². The number of hydrogen-bond acceptors (Lipinski definition) is 1. The largest absolute Gasteiger partial charge is 0.353 e. The molecule has 1 saturated carbocycles. The standard InChI is InChI=1S/C6H10FNO/c1-4(9)8-6-2-5(7)3-6/h5-6H,2-3H2,1H3,(H,8,9). The van der Waals surface area contributed by atoms with E-state index in [1.807, 2.05) is 0 Å². The van der Waals surface area contributed by atoms with Crippen LogP contribution in [-0.4, -0.2) is 18.1 Å². The molecule has 0 aromatic heterocycles. The fourth-order valence-electron chi connectivity index (χ4n) is 0.954. The molecule has 1 aliphatic carbocycles. The Morgan fingerprint density at radius 1 is 1.67 bits per heavy atom. The van der Waals surface area contributed by atoms with Crippen LogP contribution in [-0.2, 0) is 4.79 Å². The molecule has 1 aliphatic rings. The van der Waals surface area contributed by atoms with E-state index >= 15 is 0 Å². The molecular weight excluding hydrogens is 121 g/mol. The number of alkyl halides is 1. The van der Waals surface area contributed by atoms with Crippen molar-refractivity contribution in [3.05, 3.63) is 0 Å². The Balaban J connectivity index is 2.11. The maximum atomic E-state index is 12.1. The van der Waals surface area contributed by atoms with E-state index in [2.05, 4.69) is 5.32 Å². The summed E-state index contributed by atoms with van der Waals surface area (Å²) in [6, 6.07) is 0.109. The van der Waals surface area contributed by atoms with Crippen LogP contribution < -0.4 is 5.32 Å². The van der Waals surface area contributed by atoms with Crippen molar-refractivity contribution >= 4 is 5.91 Å². The van der Waals surface area contributed by atoms with Gasteiger partial charge in [0.25, 0.3) is 0 Å². The van der Waals surface area contributed by atoms with Gasteiger partial charge in [0.05, 0.1) is 0 Å². The first kappa shape index (κ1) is 6.52. The van der Waals surface area contributed by atoms with Crippen LogP contribution in [0.2, 0.25) is 0 Å². The molecule has 52 valence electrons. The minimum absolute atomic E-state index is 0.0631. The van der Waals surface area contributed by atoms with Gasteiger partial charge in [0.15, 0.2) is 0 Å². The lowest BCUT2D eigenvalue weighted by molar-refractivity contribution is -0.120. The molecule has 1 amide bonds. The molecule has 3 heteroatoms. The molecule has 1 fully saturated rings. The fraction of sp³-hybridized carbons (Fsp3) is 0.833. The molecule has 0 aromatic carbocycles. The number of carbonyl (C=O) groups is 1. The predicted octanol–water partition coefficient (Wildman–Crippen LogP) is 0.623. The maximum Gasteiger partial charge on any atom is 0.217 e. The average Bonchev–Trinajstić information content (AvgIpc) is 1.60. The lowest BCUT2D eigenvalue weighted by atomic mass is 9.91. The molecule has 0 bridgehead atoms. The van der Waals surface area contributed by atoms with Crippen molar-refractivity contribution < 1.29 is 9.18 Å². The zero-order chi connectivity index (χ0) is 6.85. The Hall–Kier alpha value is -0.600. The van der Waals surface area contributed by atoms with Gasteiger partial charge in [-0.25, -0.2) is 4.39 Å². The van der Waals surface area contributed by atoms with E-state index in [-0.39, 0.29) is 11.9 Å². The van der Waals surface area contributed by atoms with E-state index in [4.69, 9.17) is 0 Å². The molecular formula is C6H10FNO. The summed E-state index contributed by atoms with van der Waals surface area (Å²) in [5.41, 5.74) is 0. The van der Waals surface area contributed by atoms with Crippen molar-refractivity contribution in [2.24, 2.45) is 0 Å². The molecule has 2 nitrogen and oxygen atoms in total. The predicted molar refractivity (Wildman–Crippen MR) is 31.7 cm³/mol. The molecule has 0 unspecified atom stereocenters. The Morgan fingerprint density at radius 2 is 2.22 bits per heavy atom. The Morgan fingerprint density at radius 3 is 2.56 bits per heavy atom. The van der Waals surface area contributed by atoms with Crippen LogP contribution in [0.15, 0.2) is 0 Å². The van der Waals surface area contributed by atoms with Crippen LogP contribution in [0.3, 0.4) is 0 Å². The number of carbonyl (C=O) groups excluding carboxylic acids is 1. The van der Waals surface area contributed by atoms with E-state index in [1.165, 1.54) is 6.92 Å². The van der Waals surface area contributed by atoms with Gasteiger partial charge in [-0.2, -0.15) is 0 Å². The highest BCUT2D eigenvalue weighted by Gasteiger charge is 2.28. The Kier molecular flexibility index (Phi) is 1.69. The van der Waals surface area contributed by atoms with Crippen LogP contribution in [0.5, 0.6) is 0 Å². The molecule has 9 heavy (non-hydrogen) atoms. The lowest BCUT2D eigenvalue weighted by Crippen LogP contribution is -2.44. The number of rotatable bonds is 1. The van der Waals surface area contributed by atoms with E-state index in [1.54, 1.807) is 0 Å². The molecule has 1 rings (SSSR count). The van der Waals surface area contributed by atoms with E-state index < -0.39 is 6.17 Å². The van der Waals surface area contributed by atoms with Crippen molar-refractivity contribution in [3.63, 3.8) is 0 Å². The zero-order valence-electron chi connectivity index (χ0n) is 5.36. The van der Waals surface area contributed by atoms with Gasteiger partial charge in [-0.15, -0.1) is 0 Å². The number of hydrogen-bond donors (Lipinski definition) is 1. The maximum absolute atomic E-state index is 12.1. The highest BCUT2D eigenvalue weighted by molar-refractivity contribution is 5.73. The van der Waals surface area contributed by atoms with Gasteiger partial charge < -0.3 is 5.32 Å². The SMILES string of the molecule is CC(=O)NC1CC(F)C1. The summed E-state index contributed by atoms with van der Waals surface area (Å²) in [5, 5.41) is 2.63. The monoisotopic (exact) mass is 131 g/mol. The van der Waals surface area contributed by atoms with Crippen LogP contribution in [0.1, 0.15) is 19.8 Å². The molecule has 0 aromatic rings.